The molecule has 1 aromatic rings. The highest BCUT2D eigenvalue weighted by Crippen LogP contribution is 2.19. The predicted octanol–water partition coefficient (Wildman–Crippen LogP) is 1.57. The molecule has 1 aliphatic heterocycles. The van der Waals surface area contributed by atoms with Crippen LogP contribution in [0.5, 0.6) is 0 Å². The van der Waals surface area contributed by atoms with Crippen LogP contribution in [0.25, 0.3) is 0 Å². The second-order valence-electron chi connectivity index (χ2n) is 4.50. The first-order valence-electron chi connectivity index (χ1n) is 5.79. The third-order valence-corrected chi connectivity index (χ3v) is 2.97. The largest absolute Gasteiger partial charge is 0.353 e. The summed E-state index contributed by atoms with van der Waals surface area (Å²) in [6.45, 7) is 5.89. The van der Waals surface area contributed by atoms with Crippen molar-refractivity contribution in [3.8, 4) is 0 Å². The number of carbonyl (C=O) groups is 1. The Morgan fingerprint density at radius 1 is 1.19 bits per heavy atom. The van der Waals surface area contributed by atoms with Crippen molar-refractivity contribution in [3.05, 3.63) is 35.4 Å². The lowest BCUT2D eigenvalue weighted by atomic mass is 9.98. The van der Waals surface area contributed by atoms with Crippen molar-refractivity contribution in [1.29, 1.82) is 0 Å². The van der Waals surface area contributed by atoms with Crippen molar-refractivity contribution in [2.45, 2.75) is 25.8 Å². The molecule has 1 aliphatic rings. The molecular formula is C13H18N2O. The quantitative estimate of drug-likeness (QED) is 0.791. The van der Waals surface area contributed by atoms with Gasteiger partial charge in [-0.05, 0) is 17.0 Å². The smallest absolute Gasteiger partial charge is 0.241 e. The van der Waals surface area contributed by atoms with Gasteiger partial charge >= 0.3 is 0 Å². The Kier molecular flexibility index (Phi) is 3.25. The van der Waals surface area contributed by atoms with Gasteiger partial charge in [0.15, 0.2) is 0 Å². The van der Waals surface area contributed by atoms with Gasteiger partial charge in [0.2, 0.25) is 5.91 Å². The number of benzene rings is 1. The lowest BCUT2D eigenvalue weighted by Crippen LogP contribution is -2.47. The molecule has 0 bridgehead atoms. The van der Waals surface area contributed by atoms with Crippen molar-refractivity contribution in [3.63, 3.8) is 0 Å². The van der Waals surface area contributed by atoms with Gasteiger partial charge in [-0.2, -0.15) is 0 Å². The summed E-state index contributed by atoms with van der Waals surface area (Å²) < 4.78 is 0. The van der Waals surface area contributed by atoms with Gasteiger partial charge in [-0.1, -0.05) is 38.1 Å². The number of amides is 1. The van der Waals surface area contributed by atoms with Gasteiger partial charge in [-0.3, -0.25) is 4.79 Å². The lowest BCUT2D eigenvalue weighted by Gasteiger charge is -2.24. The normalized spacial score (nSPS) is 20.9. The number of hydrogen-bond acceptors (Lipinski definition) is 2. The SMILES string of the molecule is CC(C)c1ccc(C2NCCNC2=O)cc1. The van der Waals surface area contributed by atoms with Crippen molar-refractivity contribution < 1.29 is 4.79 Å². The first-order chi connectivity index (χ1) is 7.68. The molecule has 1 atom stereocenters. The maximum atomic E-state index is 11.6. The van der Waals surface area contributed by atoms with Gasteiger partial charge in [0.25, 0.3) is 0 Å². The van der Waals surface area contributed by atoms with Crippen LogP contribution in [0.4, 0.5) is 0 Å². The van der Waals surface area contributed by atoms with Crippen LogP contribution in [0.3, 0.4) is 0 Å². The van der Waals surface area contributed by atoms with Gasteiger partial charge in [-0.15, -0.1) is 0 Å². The molecule has 16 heavy (non-hydrogen) atoms. The highest BCUT2D eigenvalue weighted by Gasteiger charge is 2.22. The van der Waals surface area contributed by atoms with Crippen LogP contribution >= 0.6 is 0 Å². The Morgan fingerprint density at radius 3 is 2.44 bits per heavy atom. The summed E-state index contributed by atoms with van der Waals surface area (Å²) in [6, 6.07) is 8.10. The zero-order valence-corrected chi connectivity index (χ0v) is 9.79. The Bertz CT molecular complexity index is 370. The fourth-order valence-corrected chi connectivity index (χ4v) is 1.94. The van der Waals surface area contributed by atoms with Crippen LogP contribution in [0, 0.1) is 0 Å². The van der Waals surface area contributed by atoms with Gasteiger partial charge in [0.1, 0.15) is 6.04 Å². The zero-order chi connectivity index (χ0) is 11.5. The molecule has 1 saturated heterocycles. The number of rotatable bonds is 2. The van der Waals surface area contributed by atoms with Crippen LogP contribution in [0.2, 0.25) is 0 Å². The summed E-state index contributed by atoms with van der Waals surface area (Å²) in [5.74, 6) is 0.603. The molecule has 86 valence electrons. The first kappa shape index (κ1) is 11.1. The monoisotopic (exact) mass is 218 g/mol. The maximum absolute atomic E-state index is 11.6. The molecule has 3 heteroatoms. The molecule has 1 amide bonds. The molecule has 1 unspecified atom stereocenters. The molecule has 0 spiro atoms. The highest BCUT2D eigenvalue weighted by atomic mass is 16.2. The Balaban J connectivity index is 2.17. The average Bonchev–Trinajstić information content (AvgIpc) is 2.30. The summed E-state index contributed by atoms with van der Waals surface area (Å²) in [4.78, 5) is 11.6. The summed E-state index contributed by atoms with van der Waals surface area (Å²) in [5.41, 5.74) is 2.35. The van der Waals surface area contributed by atoms with E-state index < -0.39 is 0 Å². The van der Waals surface area contributed by atoms with E-state index in [1.165, 1.54) is 5.56 Å². The Hall–Kier alpha value is -1.35. The third kappa shape index (κ3) is 2.25. The molecule has 1 aromatic carbocycles. The molecule has 1 heterocycles. The predicted molar refractivity (Wildman–Crippen MR) is 64.3 cm³/mol. The number of piperazine rings is 1. The molecule has 2 N–H and O–H groups in total. The van der Waals surface area contributed by atoms with Gasteiger partial charge in [-0.25, -0.2) is 0 Å². The highest BCUT2D eigenvalue weighted by molar-refractivity contribution is 5.83. The van der Waals surface area contributed by atoms with Crippen LogP contribution in [0.1, 0.15) is 36.9 Å². The minimum Gasteiger partial charge on any atom is -0.353 e. The fraction of sp³-hybridized carbons (Fsp3) is 0.462. The van der Waals surface area contributed by atoms with E-state index >= 15 is 0 Å². The molecule has 2 rings (SSSR count). The maximum Gasteiger partial charge on any atom is 0.241 e. The Labute approximate surface area is 96.2 Å². The summed E-state index contributed by atoms with van der Waals surface area (Å²) in [7, 11) is 0. The van der Waals surface area contributed by atoms with E-state index in [1.54, 1.807) is 0 Å². The minimum absolute atomic E-state index is 0.0727. The number of nitrogens with one attached hydrogen (secondary N) is 2. The van der Waals surface area contributed by atoms with E-state index in [2.05, 4.69) is 36.6 Å². The van der Waals surface area contributed by atoms with Crippen LogP contribution in [0.15, 0.2) is 24.3 Å². The minimum atomic E-state index is -0.185. The molecule has 0 aromatic heterocycles. The van der Waals surface area contributed by atoms with Gasteiger partial charge in [0, 0.05) is 13.1 Å². The molecule has 3 nitrogen and oxygen atoms in total. The Morgan fingerprint density at radius 2 is 1.88 bits per heavy atom. The summed E-state index contributed by atoms with van der Waals surface area (Å²) in [6.07, 6.45) is 0. The van der Waals surface area contributed by atoms with Crippen LogP contribution < -0.4 is 10.6 Å². The van der Waals surface area contributed by atoms with Gasteiger partial charge in [0.05, 0.1) is 0 Å². The number of carbonyl (C=O) groups excluding carboxylic acids is 1. The second-order valence-corrected chi connectivity index (χ2v) is 4.50. The first-order valence-corrected chi connectivity index (χ1v) is 5.79. The average molecular weight is 218 g/mol. The van der Waals surface area contributed by atoms with E-state index in [9.17, 15) is 4.79 Å². The van der Waals surface area contributed by atoms with Crippen molar-refractivity contribution in [2.24, 2.45) is 0 Å². The van der Waals surface area contributed by atoms with Crippen molar-refractivity contribution >= 4 is 5.91 Å². The molecule has 0 saturated carbocycles. The molecule has 1 fully saturated rings. The van der Waals surface area contributed by atoms with Crippen LogP contribution in [-0.4, -0.2) is 19.0 Å². The van der Waals surface area contributed by atoms with Crippen molar-refractivity contribution in [1.82, 2.24) is 10.6 Å². The number of hydrogen-bond donors (Lipinski definition) is 2. The summed E-state index contributed by atoms with van der Waals surface area (Å²) >= 11 is 0. The molecule has 0 aliphatic carbocycles. The lowest BCUT2D eigenvalue weighted by molar-refractivity contribution is -0.124. The third-order valence-electron chi connectivity index (χ3n) is 2.97. The molecular weight excluding hydrogens is 200 g/mol. The van der Waals surface area contributed by atoms with E-state index in [1.807, 2.05) is 12.1 Å². The standard InChI is InChI=1S/C13H18N2O/c1-9(2)10-3-5-11(6-4-10)12-13(16)15-8-7-14-12/h3-6,9,12,14H,7-8H2,1-2H3,(H,15,16). The topological polar surface area (TPSA) is 41.1 Å². The van der Waals surface area contributed by atoms with E-state index in [4.69, 9.17) is 0 Å². The van der Waals surface area contributed by atoms with E-state index in [0.29, 0.717) is 5.92 Å². The van der Waals surface area contributed by atoms with Gasteiger partial charge < -0.3 is 10.6 Å². The van der Waals surface area contributed by atoms with Crippen LogP contribution in [-0.2, 0) is 4.79 Å². The zero-order valence-electron chi connectivity index (χ0n) is 9.79. The second kappa shape index (κ2) is 4.66. The van der Waals surface area contributed by atoms with E-state index in [-0.39, 0.29) is 11.9 Å². The molecule has 0 radical (unpaired) electrons. The fourth-order valence-electron chi connectivity index (χ4n) is 1.94. The van der Waals surface area contributed by atoms with E-state index in [0.717, 1.165) is 18.7 Å². The summed E-state index contributed by atoms with van der Waals surface area (Å²) in [5, 5.41) is 6.09. The van der Waals surface area contributed by atoms with Crippen molar-refractivity contribution in [2.75, 3.05) is 13.1 Å².